The van der Waals surface area contributed by atoms with Crippen LogP contribution in [0.1, 0.15) is 27.4 Å². The molecule has 0 saturated carbocycles. The molecule has 8 nitrogen and oxygen atoms in total. The molecule has 2 N–H and O–H groups in total. The summed E-state index contributed by atoms with van der Waals surface area (Å²) in [6.07, 6.45) is 1.89. The zero-order valence-corrected chi connectivity index (χ0v) is 17.5. The van der Waals surface area contributed by atoms with E-state index in [1.165, 1.54) is 23.0 Å². The van der Waals surface area contributed by atoms with Gasteiger partial charge < -0.3 is 19.5 Å². The highest BCUT2D eigenvalue weighted by atomic mass is 19.1. The Kier molecular flexibility index (Phi) is 5.60. The van der Waals surface area contributed by atoms with Gasteiger partial charge in [0.1, 0.15) is 23.3 Å². The number of ether oxygens (including phenoxy) is 1. The van der Waals surface area contributed by atoms with Crippen molar-refractivity contribution in [2.24, 2.45) is 0 Å². The molecule has 9 heteroatoms. The summed E-state index contributed by atoms with van der Waals surface area (Å²) in [4.78, 5) is 33.1. The smallest absolute Gasteiger partial charge is 0.265 e. The van der Waals surface area contributed by atoms with Gasteiger partial charge in [-0.05, 0) is 44.0 Å². The van der Waals surface area contributed by atoms with Gasteiger partial charge in [0, 0.05) is 30.3 Å². The maximum absolute atomic E-state index is 13.7. The molecular formula is C22H23FN4O4. The van der Waals surface area contributed by atoms with Crippen molar-refractivity contribution >= 4 is 27.9 Å². The van der Waals surface area contributed by atoms with Crippen molar-refractivity contribution in [2.75, 3.05) is 20.3 Å². The number of rotatable bonds is 7. The lowest BCUT2D eigenvalue weighted by atomic mass is 10.1. The highest BCUT2D eigenvalue weighted by Crippen LogP contribution is 2.24. The van der Waals surface area contributed by atoms with Crippen molar-refractivity contribution in [3.05, 3.63) is 63.3 Å². The van der Waals surface area contributed by atoms with Gasteiger partial charge in [0.05, 0.1) is 18.7 Å². The van der Waals surface area contributed by atoms with Crippen LogP contribution in [0.25, 0.3) is 22.0 Å². The number of carbonyl (C=O) groups excluding carboxylic acids is 1. The van der Waals surface area contributed by atoms with E-state index in [0.717, 1.165) is 22.2 Å². The molecule has 3 heterocycles. The number of H-pyrrole nitrogens is 1. The standard InChI is InChI=1S/C22H23FN4O4/c1-12-15(16-10-14(23)4-5-17(16)26-12)6-7-24-20(28)18-13(2)31-21-19(18)22(29)27(11-25-21)8-9-30-3/h4-5,10-11,26H,6-9H2,1-3H3,(H,24,28). The average Bonchev–Trinajstić information content (AvgIpc) is 3.24. The van der Waals surface area contributed by atoms with E-state index in [-0.39, 0.29) is 28.0 Å². The van der Waals surface area contributed by atoms with Crippen LogP contribution in [0.4, 0.5) is 4.39 Å². The molecule has 0 unspecified atom stereocenters. The third-order valence-corrected chi connectivity index (χ3v) is 5.36. The summed E-state index contributed by atoms with van der Waals surface area (Å²) in [7, 11) is 1.54. The molecule has 0 spiro atoms. The first-order chi connectivity index (χ1) is 14.9. The minimum Gasteiger partial charge on any atom is -0.442 e. The van der Waals surface area contributed by atoms with E-state index in [1.807, 2.05) is 6.92 Å². The van der Waals surface area contributed by atoms with Crippen molar-refractivity contribution in [3.63, 3.8) is 0 Å². The van der Waals surface area contributed by atoms with Crippen LogP contribution in [-0.2, 0) is 17.7 Å². The fourth-order valence-corrected chi connectivity index (χ4v) is 3.83. The zero-order chi connectivity index (χ0) is 22.1. The summed E-state index contributed by atoms with van der Waals surface area (Å²) in [6, 6.07) is 4.59. The van der Waals surface area contributed by atoms with Crippen LogP contribution >= 0.6 is 0 Å². The number of benzene rings is 1. The fourth-order valence-electron chi connectivity index (χ4n) is 3.83. The first-order valence-corrected chi connectivity index (χ1v) is 9.93. The second kappa shape index (κ2) is 8.35. The third-order valence-electron chi connectivity index (χ3n) is 5.36. The molecule has 0 aliphatic rings. The predicted molar refractivity (Wildman–Crippen MR) is 114 cm³/mol. The van der Waals surface area contributed by atoms with E-state index in [9.17, 15) is 14.0 Å². The van der Waals surface area contributed by atoms with Gasteiger partial charge >= 0.3 is 0 Å². The second-order valence-electron chi connectivity index (χ2n) is 7.37. The minimum atomic E-state index is -0.414. The van der Waals surface area contributed by atoms with E-state index in [1.54, 1.807) is 20.1 Å². The maximum atomic E-state index is 13.7. The van der Waals surface area contributed by atoms with Crippen LogP contribution in [0.2, 0.25) is 0 Å². The van der Waals surface area contributed by atoms with Crippen molar-refractivity contribution in [3.8, 4) is 0 Å². The zero-order valence-electron chi connectivity index (χ0n) is 17.5. The number of fused-ring (bicyclic) bond motifs is 2. The van der Waals surface area contributed by atoms with Gasteiger partial charge in [-0.3, -0.25) is 14.2 Å². The Morgan fingerprint density at radius 3 is 2.94 bits per heavy atom. The van der Waals surface area contributed by atoms with Crippen LogP contribution in [0.5, 0.6) is 0 Å². The Hall–Kier alpha value is -3.46. The number of hydrogen-bond donors (Lipinski definition) is 2. The molecule has 0 aliphatic heterocycles. The Morgan fingerprint density at radius 1 is 1.35 bits per heavy atom. The van der Waals surface area contributed by atoms with Gasteiger partial charge in [-0.15, -0.1) is 0 Å². The highest BCUT2D eigenvalue weighted by Gasteiger charge is 2.23. The Balaban J connectivity index is 1.57. The first-order valence-electron chi connectivity index (χ1n) is 9.93. The normalized spacial score (nSPS) is 11.5. The maximum Gasteiger partial charge on any atom is 0.265 e. The van der Waals surface area contributed by atoms with Gasteiger partial charge in [0.2, 0.25) is 5.71 Å². The molecule has 0 atom stereocenters. The van der Waals surface area contributed by atoms with Crippen LogP contribution in [0, 0.1) is 19.7 Å². The van der Waals surface area contributed by atoms with Gasteiger partial charge in [-0.25, -0.2) is 9.37 Å². The summed E-state index contributed by atoms with van der Waals surface area (Å²) in [5.41, 5.74) is 2.66. The molecule has 0 saturated heterocycles. The first kappa shape index (κ1) is 20.8. The fraction of sp³-hybridized carbons (Fsp3) is 0.318. The number of halogens is 1. The molecule has 0 aliphatic carbocycles. The number of carbonyl (C=O) groups is 1. The van der Waals surface area contributed by atoms with Crippen LogP contribution < -0.4 is 10.9 Å². The number of nitrogens with one attached hydrogen (secondary N) is 2. The number of hydrogen-bond acceptors (Lipinski definition) is 5. The average molecular weight is 426 g/mol. The Morgan fingerprint density at radius 2 is 2.16 bits per heavy atom. The topological polar surface area (TPSA) is 102 Å². The monoisotopic (exact) mass is 426 g/mol. The predicted octanol–water partition coefficient (Wildman–Crippen LogP) is 2.85. The molecule has 1 amide bonds. The summed E-state index contributed by atoms with van der Waals surface area (Å²) in [6.45, 7) is 4.52. The molecule has 1 aromatic carbocycles. The van der Waals surface area contributed by atoms with Crippen molar-refractivity contribution < 1.29 is 18.3 Å². The lowest BCUT2D eigenvalue weighted by molar-refractivity contribution is 0.0954. The number of nitrogens with zero attached hydrogens (tertiary/aromatic N) is 2. The lowest BCUT2D eigenvalue weighted by Gasteiger charge is -2.07. The number of aromatic amines is 1. The van der Waals surface area contributed by atoms with Crippen LogP contribution in [0.3, 0.4) is 0 Å². The molecule has 4 aromatic rings. The van der Waals surface area contributed by atoms with Crippen LogP contribution in [0.15, 0.2) is 33.7 Å². The van der Waals surface area contributed by atoms with E-state index in [0.29, 0.717) is 31.9 Å². The van der Waals surface area contributed by atoms with E-state index < -0.39 is 5.91 Å². The quantitative estimate of drug-likeness (QED) is 0.473. The number of furan rings is 1. The van der Waals surface area contributed by atoms with Gasteiger partial charge in [-0.1, -0.05) is 0 Å². The van der Waals surface area contributed by atoms with Gasteiger partial charge in [0.15, 0.2) is 0 Å². The summed E-state index contributed by atoms with van der Waals surface area (Å²) < 4.78 is 25.6. The molecule has 0 fully saturated rings. The minimum absolute atomic E-state index is 0.129. The molecule has 4 rings (SSSR count). The van der Waals surface area contributed by atoms with E-state index in [4.69, 9.17) is 9.15 Å². The molecular weight excluding hydrogens is 403 g/mol. The summed E-state index contributed by atoms with van der Waals surface area (Å²) in [5.74, 6) is -0.398. The van der Waals surface area contributed by atoms with E-state index in [2.05, 4.69) is 15.3 Å². The molecule has 0 bridgehead atoms. The van der Waals surface area contributed by atoms with Crippen LogP contribution in [-0.4, -0.2) is 40.7 Å². The molecule has 31 heavy (non-hydrogen) atoms. The van der Waals surface area contributed by atoms with E-state index >= 15 is 0 Å². The van der Waals surface area contributed by atoms with Crippen molar-refractivity contribution in [2.45, 2.75) is 26.8 Å². The van der Waals surface area contributed by atoms with Crippen molar-refractivity contribution in [1.82, 2.24) is 19.9 Å². The summed E-state index contributed by atoms with van der Waals surface area (Å²) >= 11 is 0. The number of methoxy groups -OCH3 is 1. The molecule has 0 radical (unpaired) electrons. The molecule has 162 valence electrons. The van der Waals surface area contributed by atoms with Gasteiger partial charge in [0.25, 0.3) is 11.5 Å². The highest BCUT2D eigenvalue weighted by molar-refractivity contribution is 6.06. The largest absolute Gasteiger partial charge is 0.442 e. The van der Waals surface area contributed by atoms with Gasteiger partial charge in [-0.2, -0.15) is 0 Å². The van der Waals surface area contributed by atoms with Crippen molar-refractivity contribution in [1.29, 1.82) is 0 Å². The Labute approximate surface area is 177 Å². The second-order valence-corrected chi connectivity index (χ2v) is 7.37. The number of amides is 1. The lowest BCUT2D eigenvalue weighted by Crippen LogP contribution is -2.29. The third kappa shape index (κ3) is 3.84. The summed E-state index contributed by atoms with van der Waals surface area (Å²) in [5, 5.41) is 3.79. The number of aryl methyl sites for hydroxylation is 2. The Bertz CT molecular complexity index is 1340. The SMILES string of the molecule is COCCn1cnc2oc(C)c(C(=O)NCCc3c(C)[nH]c4ccc(F)cc34)c2c1=O. The number of aromatic nitrogens is 3. The molecule has 3 aromatic heterocycles.